The Kier molecular flexibility index (Phi) is 5.53. The topological polar surface area (TPSA) is 75.7 Å². The summed E-state index contributed by atoms with van der Waals surface area (Å²) in [5.41, 5.74) is 0.263. The van der Waals surface area contributed by atoms with Crippen molar-refractivity contribution in [2.45, 2.75) is 68.7 Å². The normalized spacial score (nSPS) is 32.9. The van der Waals surface area contributed by atoms with E-state index in [4.69, 9.17) is 4.74 Å². The summed E-state index contributed by atoms with van der Waals surface area (Å²) < 4.78 is 33.3. The molecule has 1 heterocycles. The largest absolute Gasteiger partial charge is 0.497 e. The molecule has 0 atom stereocenters. The van der Waals surface area contributed by atoms with Crippen LogP contribution in [-0.2, 0) is 14.8 Å². The van der Waals surface area contributed by atoms with Crippen molar-refractivity contribution in [3.05, 3.63) is 24.3 Å². The summed E-state index contributed by atoms with van der Waals surface area (Å²) in [6.07, 6.45) is 9.99. The highest BCUT2D eigenvalue weighted by Crippen LogP contribution is 2.61. The Balaban J connectivity index is 1.15. The number of rotatable bonds is 6. The third-order valence-electron chi connectivity index (χ3n) is 8.23. The quantitative estimate of drug-likeness (QED) is 0.725. The zero-order chi connectivity index (χ0) is 21.6. The number of amides is 1. The second-order valence-corrected chi connectivity index (χ2v) is 12.3. The molecule has 0 aromatic heterocycles. The van der Waals surface area contributed by atoms with Crippen molar-refractivity contribution >= 4 is 15.9 Å². The van der Waals surface area contributed by atoms with Gasteiger partial charge in [0, 0.05) is 25.6 Å². The zero-order valence-electron chi connectivity index (χ0n) is 18.4. The van der Waals surface area contributed by atoms with Gasteiger partial charge < -0.3 is 9.64 Å². The van der Waals surface area contributed by atoms with E-state index in [0.717, 1.165) is 17.8 Å². The molecule has 1 N–H and O–H groups in total. The van der Waals surface area contributed by atoms with Gasteiger partial charge in [-0.3, -0.25) is 4.79 Å². The molecule has 1 aromatic rings. The molecule has 0 spiro atoms. The van der Waals surface area contributed by atoms with E-state index < -0.39 is 10.0 Å². The molecule has 1 saturated heterocycles. The highest BCUT2D eigenvalue weighted by molar-refractivity contribution is 7.89. The van der Waals surface area contributed by atoms with Gasteiger partial charge in [0.1, 0.15) is 5.75 Å². The highest BCUT2D eigenvalue weighted by Gasteiger charge is 2.51. The van der Waals surface area contributed by atoms with Crippen molar-refractivity contribution in [1.29, 1.82) is 0 Å². The van der Waals surface area contributed by atoms with E-state index in [9.17, 15) is 13.2 Å². The summed E-state index contributed by atoms with van der Waals surface area (Å²) in [4.78, 5) is 15.4. The van der Waals surface area contributed by atoms with Crippen LogP contribution < -0.4 is 9.46 Å². The van der Waals surface area contributed by atoms with Crippen molar-refractivity contribution < 1.29 is 17.9 Å². The van der Waals surface area contributed by atoms with Crippen LogP contribution in [0.15, 0.2) is 29.2 Å². The van der Waals surface area contributed by atoms with Gasteiger partial charge >= 0.3 is 0 Å². The van der Waals surface area contributed by atoms with Gasteiger partial charge in [-0.1, -0.05) is 0 Å². The van der Waals surface area contributed by atoms with E-state index in [2.05, 4.69) is 4.72 Å². The van der Waals surface area contributed by atoms with Gasteiger partial charge in [-0.25, -0.2) is 13.1 Å². The maximum absolute atomic E-state index is 13.1. The molecular weight excluding hydrogens is 412 g/mol. The van der Waals surface area contributed by atoms with Crippen LogP contribution in [0.1, 0.15) is 57.8 Å². The molecule has 170 valence electrons. The van der Waals surface area contributed by atoms with E-state index in [1.54, 1.807) is 31.4 Å². The van der Waals surface area contributed by atoms with Gasteiger partial charge in [0.05, 0.1) is 12.0 Å². The number of carbonyl (C=O) groups excluding carboxylic acids is 1. The summed E-state index contributed by atoms with van der Waals surface area (Å²) >= 11 is 0. The Morgan fingerprint density at radius 1 is 1.03 bits per heavy atom. The molecule has 1 amide bonds. The van der Waals surface area contributed by atoms with Gasteiger partial charge in [-0.2, -0.15) is 0 Å². The first kappa shape index (κ1) is 21.3. The van der Waals surface area contributed by atoms with Crippen molar-refractivity contribution in [1.82, 2.24) is 9.62 Å². The molecule has 31 heavy (non-hydrogen) atoms. The van der Waals surface area contributed by atoms with E-state index in [1.165, 1.54) is 38.5 Å². The maximum atomic E-state index is 13.1. The molecule has 1 aromatic carbocycles. The van der Waals surface area contributed by atoms with Gasteiger partial charge in [-0.05, 0) is 98.8 Å². The Morgan fingerprint density at radius 2 is 1.58 bits per heavy atom. The van der Waals surface area contributed by atoms with Crippen LogP contribution in [0.2, 0.25) is 0 Å². The number of piperidine rings is 1. The summed E-state index contributed by atoms with van der Waals surface area (Å²) in [5, 5.41) is 0. The fraction of sp³-hybridized carbons (Fsp3) is 0.708. The minimum absolute atomic E-state index is 0.129. The first-order chi connectivity index (χ1) is 14.8. The number of ether oxygens (including phenoxy) is 1. The molecule has 4 bridgehead atoms. The molecule has 0 unspecified atom stereocenters. The van der Waals surface area contributed by atoms with Crippen LogP contribution in [0.5, 0.6) is 5.75 Å². The fourth-order valence-corrected chi connectivity index (χ4v) is 8.53. The number of carbonyl (C=O) groups is 1. The van der Waals surface area contributed by atoms with Crippen molar-refractivity contribution in [3.8, 4) is 5.75 Å². The van der Waals surface area contributed by atoms with Crippen molar-refractivity contribution in [2.75, 3.05) is 20.2 Å². The first-order valence-corrected chi connectivity index (χ1v) is 13.3. The Hall–Kier alpha value is -1.60. The monoisotopic (exact) mass is 446 g/mol. The Bertz CT molecular complexity index is 884. The molecular formula is C24H34N2O4S. The molecule has 6 nitrogen and oxygen atoms in total. The number of methoxy groups -OCH3 is 1. The van der Waals surface area contributed by atoms with Crippen molar-refractivity contribution in [3.63, 3.8) is 0 Å². The van der Waals surface area contributed by atoms with Crippen LogP contribution >= 0.6 is 0 Å². The molecule has 4 saturated carbocycles. The lowest BCUT2D eigenvalue weighted by atomic mass is 9.49. The highest BCUT2D eigenvalue weighted by atomic mass is 32.2. The van der Waals surface area contributed by atoms with E-state index >= 15 is 0 Å². The van der Waals surface area contributed by atoms with E-state index in [0.29, 0.717) is 44.0 Å². The van der Waals surface area contributed by atoms with Gasteiger partial charge in [0.25, 0.3) is 0 Å². The number of hydrogen-bond donors (Lipinski definition) is 1. The first-order valence-electron chi connectivity index (χ1n) is 11.8. The predicted octanol–water partition coefficient (Wildman–Crippen LogP) is 3.57. The lowest BCUT2D eigenvalue weighted by Gasteiger charge is -2.57. The molecule has 6 rings (SSSR count). The minimum Gasteiger partial charge on any atom is -0.497 e. The molecule has 0 radical (unpaired) electrons. The fourth-order valence-electron chi connectivity index (χ4n) is 7.23. The predicted molar refractivity (Wildman–Crippen MR) is 118 cm³/mol. The second kappa shape index (κ2) is 8.07. The molecule has 5 fully saturated rings. The smallest absolute Gasteiger partial charge is 0.240 e. The minimum atomic E-state index is -3.57. The summed E-state index contributed by atoms with van der Waals surface area (Å²) in [6.45, 7) is 1.28. The van der Waals surface area contributed by atoms with Gasteiger partial charge in [0.2, 0.25) is 15.9 Å². The van der Waals surface area contributed by atoms with Gasteiger partial charge in [-0.15, -0.1) is 0 Å². The number of hydrogen-bond acceptors (Lipinski definition) is 4. The van der Waals surface area contributed by atoms with E-state index in [1.807, 2.05) is 4.90 Å². The number of sulfonamides is 1. The Morgan fingerprint density at radius 3 is 2.10 bits per heavy atom. The maximum Gasteiger partial charge on any atom is 0.240 e. The number of likely N-dealkylation sites (tertiary alicyclic amines) is 1. The summed E-state index contributed by atoms with van der Waals surface area (Å²) in [7, 11) is -2.01. The van der Waals surface area contributed by atoms with E-state index in [-0.39, 0.29) is 16.4 Å². The number of nitrogens with zero attached hydrogens (tertiary/aromatic N) is 1. The van der Waals surface area contributed by atoms with Crippen LogP contribution in [0.3, 0.4) is 0 Å². The lowest BCUT2D eigenvalue weighted by Crippen LogP contribution is -2.50. The van der Waals surface area contributed by atoms with Crippen LogP contribution in [0.25, 0.3) is 0 Å². The molecule has 5 aliphatic rings. The third kappa shape index (κ3) is 4.36. The second-order valence-electron chi connectivity index (χ2n) is 10.5. The molecule has 7 heteroatoms. The molecule has 4 aliphatic carbocycles. The lowest BCUT2D eigenvalue weighted by molar-refractivity contribution is -0.140. The van der Waals surface area contributed by atoms with Crippen LogP contribution in [0, 0.1) is 23.2 Å². The standard InChI is InChI=1S/C24H34N2O4S/c1-30-21-2-4-22(5-3-21)31(28,29)25-20-6-8-26(9-7-20)23(27)16-24-13-17-10-18(14-24)12-19(11-17)15-24/h2-5,17-20,25H,6-16H2,1H3. The Labute approximate surface area is 185 Å². The average Bonchev–Trinajstić information content (AvgIpc) is 2.72. The molecule has 1 aliphatic heterocycles. The zero-order valence-corrected chi connectivity index (χ0v) is 19.2. The van der Waals surface area contributed by atoms with Crippen LogP contribution in [0.4, 0.5) is 0 Å². The summed E-state index contributed by atoms with van der Waals surface area (Å²) in [6, 6.07) is 6.30. The summed E-state index contributed by atoms with van der Waals surface area (Å²) in [5.74, 6) is 3.50. The van der Waals surface area contributed by atoms with Crippen molar-refractivity contribution in [2.24, 2.45) is 23.2 Å². The van der Waals surface area contributed by atoms with Crippen LogP contribution in [-0.4, -0.2) is 45.5 Å². The number of benzene rings is 1. The SMILES string of the molecule is COc1ccc(S(=O)(=O)NC2CCN(C(=O)CC34CC5CC(CC(C5)C3)C4)CC2)cc1. The third-order valence-corrected chi connectivity index (χ3v) is 9.77. The average molecular weight is 447 g/mol. The number of nitrogens with one attached hydrogen (secondary N) is 1. The van der Waals surface area contributed by atoms with Gasteiger partial charge in [0.15, 0.2) is 0 Å².